The minimum Gasteiger partial charge on any atom is -0.346 e. The van der Waals surface area contributed by atoms with Crippen LogP contribution in [0.25, 0.3) is 0 Å². The second kappa shape index (κ2) is 5.05. The molecular weight excluding hydrogens is 202 g/mol. The number of nitrogens with zero attached hydrogens (tertiary/aromatic N) is 3. The van der Waals surface area contributed by atoms with Crippen LogP contribution in [0.3, 0.4) is 0 Å². The molecule has 0 saturated heterocycles. The van der Waals surface area contributed by atoms with Gasteiger partial charge < -0.3 is 4.98 Å². The molecule has 2 aromatic heterocycles. The zero-order valence-electron chi connectivity index (χ0n) is 8.59. The lowest BCUT2D eigenvalue weighted by atomic mass is 10.2. The molecule has 0 fully saturated rings. The fraction of sp³-hybridized carbons (Fsp3) is 0.182. The van der Waals surface area contributed by atoms with E-state index in [-0.39, 0.29) is 6.04 Å². The Bertz CT molecular complexity index is 457. The SMILES string of the molecule is N#CC(NCc1cccnc1)c1cnc[nH]1. The predicted octanol–water partition coefficient (Wildman–Crippen LogP) is 1.16. The number of H-pyrrole nitrogens is 1. The number of hydrogen-bond acceptors (Lipinski definition) is 4. The summed E-state index contributed by atoms with van der Waals surface area (Å²) in [6, 6.07) is 5.63. The Hall–Kier alpha value is -2.19. The smallest absolute Gasteiger partial charge is 0.138 e. The van der Waals surface area contributed by atoms with Crippen LogP contribution < -0.4 is 5.32 Å². The van der Waals surface area contributed by atoms with Gasteiger partial charge in [0.2, 0.25) is 0 Å². The van der Waals surface area contributed by atoms with Gasteiger partial charge in [-0.15, -0.1) is 0 Å². The molecule has 0 amide bonds. The average Bonchev–Trinajstić information content (AvgIpc) is 2.85. The van der Waals surface area contributed by atoms with E-state index in [1.165, 1.54) is 0 Å². The predicted molar refractivity (Wildman–Crippen MR) is 58.0 cm³/mol. The van der Waals surface area contributed by atoms with Gasteiger partial charge in [-0.25, -0.2) is 4.98 Å². The lowest BCUT2D eigenvalue weighted by molar-refractivity contribution is 0.618. The van der Waals surface area contributed by atoms with E-state index < -0.39 is 0 Å². The maximum atomic E-state index is 9.00. The van der Waals surface area contributed by atoms with E-state index in [1.807, 2.05) is 12.1 Å². The molecule has 0 aliphatic rings. The van der Waals surface area contributed by atoms with Gasteiger partial charge in [-0.2, -0.15) is 5.26 Å². The molecule has 0 bridgehead atoms. The van der Waals surface area contributed by atoms with Crippen molar-refractivity contribution >= 4 is 0 Å². The van der Waals surface area contributed by atoms with E-state index in [2.05, 4.69) is 26.3 Å². The van der Waals surface area contributed by atoms with Crippen LogP contribution in [-0.2, 0) is 6.54 Å². The topological polar surface area (TPSA) is 77.4 Å². The van der Waals surface area contributed by atoms with Crippen LogP contribution in [0.15, 0.2) is 37.1 Å². The maximum Gasteiger partial charge on any atom is 0.138 e. The van der Waals surface area contributed by atoms with E-state index in [4.69, 9.17) is 5.26 Å². The van der Waals surface area contributed by atoms with Gasteiger partial charge in [0.25, 0.3) is 0 Å². The lowest BCUT2D eigenvalue weighted by Crippen LogP contribution is -2.19. The monoisotopic (exact) mass is 213 g/mol. The summed E-state index contributed by atoms with van der Waals surface area (Å²) in [5, 5.41) is 12.1. The van der Waals surface area contributed by atoms with Gasteiger partial charge in [0, 0.05) is 18.9 Å². The molecule has 0 radical (unpaired) electrons. The summed E-state index contributed by atoms with van der Waals surface area (Å²) in [5.74, 6) is 0. The standard InChI is InChI=1S/C11H11N5/c12-4-10(11-7-14-8-16-11)15-6-9-2-1-3-13-5-9/h1-3,5,7-8,10,15H,6H2,(H,14,16). The van der Waals surface area contributed by atoms with Crippen molar-refractivity contribution in [3.05, 3.63) is 48.3 Å². The van der Waals surface area contributed by atoms with Crippen LogP contribution in [0.2, 0.25) is 0 Å². The van der Waals surface area contributed by atoms with Gasteiger partial charge in [0.1, 0.15) is 6.04 Å². The Morgan fingerprint density at radius 1 is 1.44 bits per heavy atom. The first-order valence-electron chi connectivity index (χ1n) is 4.90. The van der Waals surface area contributed by atoms with Crippen LogP contribution in [0, 0.1) is 11.3 Å². The first-order valence-corrected chi connectivity index (χ1v) is 4.90. The largest absolute Gasteiger partial charge is 0.346 e. The number of aromatic amines is 1. The molecular formula is C11H11N5. The van der Waals surface area contributed by atoms with Crippen LogP contribution in [-0.4, -0.2) is 15.0 Å². The van der Waals surface area contributed by atoms with Gasteiger partial charge in [-0.05, 0) is 11.6 Å². The third kappa shape index (κ3) is 2.43. The first kappa shape index (κ1) is 10.3. The molecule has 5 heteroatoms. The van der Waals surface area contributed by atoms with E-state index in [0.29, 0.717) is 6.54 Å². The van der Waals surface area contributed by atoms with E-state index >= 15 is 0 Å². The Balaban J connectivity index is 1.97. The van der Waals surface area contributed by atoms with Crippen molar-refractivity contribution < 1.29 is 0 Å². The first-order chi connectivity index (χ1) is 7.90. The molecule has 1 atom stereocenters. The Morgan fingerprint density at radius 3 is 3.00 bits per heavy atom. The molecule has 0 spiro atoms. The van der Waals surface area contributed by atoms with Gasteiger partial charge in [-0.3, -0.25) is 10.3 Å². The van der Waals surface area contributed by atoms with E-state index in [0.717, 1.165) is 11.3 Å². The van der Waals surface area contributed by atoms with Crippen LogP contribution in [0.1, 0.15) is 17.3 Å². The number of hydrogen-bond donors (Lipinski definition) is 2. The molecule has 16 heavy (non-hydrogen) atoms. The molecule has 0 aromatic carbocycles. The van der Waals surface area contributed by atoms with Gasteiger partial charge >= 0.3 is 0 Å². The molecule has 5 nitrogen and oxygen atoms in total. The van der Waals surface area contributed by atoms with Crippen molar-refractivity contribution in [3.8, 4) is 6.07 Å². The second-order valence-corrected chi connectivity index (χ2v) is 3.31. The highest BCUT2D eigenvalue weighted by Gasteiger charge is 2.10. The fourth-order valence-electron chi connectivity index (χ4n) is 1.37. The molecule has 2 N–H and O–H groups in total. The summed E-state index contributed by atoms with van der Waals surface area (Å²) in [5.41, 5.74) is 1.81. The normalized spacial score (nSPS) is 11.9. The highest BCUT2D eigenvalue weighted by Crippen LogP contribution is 2.08. The summed E-state index contributed by atoms with van der Waals surface area (Å²) < 4.78 is 0. The van der Waals surface area contributed by atoms with Crippen molar-refractivity contribution in [3.63, 3.8) is 0 Å². The number of aromatic nitrogens is 3. The molecule has 0 saturated carbocycles. The van der Waals surface area contributed by atoms with Gasteiger partial charge in [0.15, 0.2) is 0 Å². The third-order valence-corrected chi connectivity index (χ3v) is 2.19. The van der Waals surface area contributed by atoms with E-state index in [9.17, 15) is 0 Å². The summed E-state index contributed by atoms with van der Waals surface area (Å²) in [7, 11) is 0. The van der Waals surface area contributed by atoms with Crippen molar-refractivity contribution in [1.82, 2.24) is 20.3 Å². The van der Waals surface area contributed by atoms with Crippen LogP contribution >= 0.6 is 0 Å². The quantitative estimate of drug-likeness (QED) is 0.798. The molecule has 80 valence electrons. The Labute approximate surface area is 93.2 Å². The maximum absolute atomic E-state index is 9.00. The van der Waals surface area contributed by atoms with Crippen molar-refractivity contribution in [2.24, 2.45) is 0 Å². The average molecular weight is 213 g/mol. The van der Waals surface area contributed by atoms with Crippen molar-refractivity contribution in [1.29, 1.82) is 5.26 Å². The van der Waals surface area contributed by atoms with Crippen LogP contribution in [0.4, 0.5) is 0 Å². The van der Waals surface area contributed by atoms with Gasteiger partial charge in [-0.1, -0.05) is 6.07 Å². The van der Waals surface area contributed by atoms with Crippen molar-refractivity contribution in [2.45, 2.75) is 12.6 Å². The van der Waals surface area contributed by atoms with E-state index in [1.54, 1.807) is 24.9 Å². The summed E-state index contributed by atoms with van der Waals surface area (Å²) >= 11 is 0. The molecule has 2 rings (SSSR count). The summed E-state index contributed by atoms with van der Waals surface area (Å²) in [6.45, 7) is 0.602. The number of rotatable bonds is 4. The Kier molecular flexibility index (Phi) is 3.26. The molecule has 0 aliphatic carbocycles. The summed E-state index contributed by atoms with van der Waals surface area (Å²) in [6.07, 6.45) is 6.70. The highest BCUT2D eigenvalue weighted by molar-refractivity contribution is 5.14. The number of nitrogens with one attached hydrogen (secondary N) is 2. The molecule has 0 aliphatic heterocycles. The minimum absolute atomic E-state index is 0.372. The van der Waals surface area contributed by atoms with Gasteiger partial charge in [0.05, 0.1) is 24.3 Å². The zero-order valence-corrected chi connectivity index (χ0v) is 8.59. The number of nitriles is 1. The number of pyridine rings is 1. The minimum atomic E-state index is -0.372. The fourth-order valence-corrected chi connectivity index (χ4v) is 1.37. The van der Waals surface area contributed by atoms with Crippen LogP contribution in [0.5, 0.6) is 0 Å². The third-order valence-electron chi connectivity index (χ3n) is 2.19. The number of imidazole rings is 1. The Morgan fingerprint density at radius 2 is 2.38 bits per heavy atom. The molecule has 2 aromatic rings. The summed E-state index contributed by atoms with van der Waals surface area (Å²) in [4.78, 5) is 10.8. The highest BCUT2D eigenvalue weighted by atomic mass is 15.0. The second-order valence-electron chi connectivity index (χ2n) is 3.31. The lowest BCUT2D eigenvalue weighted by Gasteiger charge is -2.08. The van der Waals surface area contributed by atoms with Crippen molar-refractivity contribution in [2.75, 3.05) is 0 Å². The molecule has 1 unspecified atom stereocenters. The zero-order chi connectivity index (χ0) is 11.2. The molecule has 2 heterocycles.